The molecule has 0 spiro atoms. The fourth-order valence-corrected chi connectivity index (χ4v) is 2.72. The minimum Gasteiger partial charge on any atom is -0.493 e. The number of fused-ring (bicyclic) bond motifs is 1. The van der Waals surface area contributed by atoms with E-state index in [2.05, 4.69) is 11.9 Å². The highest BCUT2D eigenvalue weighted by atomic mass is 16.6. The fourth-order valence-electron chi connectivity index (χ4n) is 2.72. The highest BCUT2D eigenvalue weighted by Gasteiger charge is 2.28. The molecule has 6 heteroatoms. The number of esters is 1. The second kappa shape index (κ2) is 7.42. The van der Waals surface area contributed by atoms with E-state index in [1.807, 2.05) is 18.3 Å². The van der Waals surface area contributed by atoms with Gasteiger partial charge in [0, 0.05) is 17.5 Å². The Morgan fingerprint density at radius 1 is 1.32 bits per heavy atom. The van der Waals surface area contributed by atoms with Crippen molar-refractivity contribution in [2.75, 3.05) is 20.8 Å². The molecule has 0 radical (unpaired) electrons. The van der Waals surface area contributed by atoms with E-state index >= 15 is 0 Å². The van der Waals surface area contributed by atoms with Crippen molar-refractivity contribution in [3.8, 4) is 17.2 Å². The number of hydrogen-bond donors (Lipinski definition) is 0. The second-order valence-corrected chi connectivity index (χ2v) is 5.75. The first-order chi connectivity index (χ1) is 12.2. The lowest BCUT2D eigenvalue weighted by molar-refractivity contribution is 0.0595. The third-order valence-corrected chi connectivity index (χ3v) is 4.04. The van der Waals surface area contributed by atoms with Gasteiger partial charge in [0.05, 0.1) is 19.8 Å². The van der Waals surface area contributed by atoms with Gasteiger partial charge < -0.3 is 18.9 Å². The molecule has 1 aromatic heterocycles. The number of aryl methyl sites for hydroxylation is 1. The number of carbonyl (C=O) groups is 1. The molecule has 0 N–H and O–H groups in total. The van der Waals surface area contributed by atoms with Gasteiger partial charge in [-0.15, -0.1) is 0 Å². The quantitative estimate of drug-likeness (QED) is 0.776. The smallest absolute Gasteiger partial charge is 0.338 e. The number of hydrogen-bond acceptors (Lipinski definition) is 6. The summed E-state index contributed by atoms with van der Waals surface area (Å²) in [7, 11) is 2.85. The normalized spacial score (nSPS) is 15.6. The molecule has 2 aromatic rings. The maximum Gasteiger partial charge on any atom is 0.338 e. The van der Waals surface area contributed by atoms with Gasteiger partial charge in [-0.1, -0.05) is 19.4 Å². The average molecular weight is 343 g/mol. The molecule has 0 fully saturated rings. The largest absolute Gasteiger partial charge is 0.493 e. The van der Waals surface area contributed by atoms with Crippen LogP contribution >= 0.6 is 0 Å². The lowest BCUT2D eigenvalue weighted by Gasteiger charge is -2.28. The number of aromatic nitrogens is 1. The fraction of sp³-hybridized carbons (Fsp3) is 0.368. The van der Waals surface area contributed by atoms with Crippen LogP contribution in [0.2, 0.25) is 0 Å². The molecule has 3 rings (SSSR count). The Bertz CT molecular complexity index is 740. The maximum absolute atomic E-state index is 11.8. The van der Waals surface area contributed by atoms with Crippen LogP contribution in [0.5, 0.6) is 17.2 Å². The van der Waals surface area contributed by atoms with Crippen LogP contribution in [0.4, 0.5) is 0 Å². The molecule has 0 bridgehead atoms. The molecule has 25 heavy (non-hydrogen) atoms. The van der Waals surface area contributed by atoms with Gasteiger partial charge in [0.25, 0.3) is 0 Å². The lowest BCUT2D eigenvalue weighted by atomic mass is 10.1. The van der Waals surface area contributed by atoms with E-state index in [1.54, 1.807) is 12.1 Å². The molecule has 132 valence electrons. The van der Waals surface area contributed by atoms with Crippen LogP contribution in [0.3, 0.4) is 0 Å². The van der Waals surface area contributed by atoms with Gasteiger partial charge in [-0.3, -0.25) is 4.98 Å². The predicted octanol–water partition coefficient (Wildman–Crippen LogP) is 3.34. The Balaban J connectivity index is 1.86. The summed E-state index contributed by atoms with van der Waals surface area (Å²) >= 11 is 0. The van der Waals surface area contributed by atoms with E-state index in [0.29, 0.717) is 29.4 Å². The Kier molecular flexibility index (Phi) is 5.07. The highest BCUT2D eigenvalue weighted by molar-refractivity contribution is 5.91. The minimum absolute atomic E-state index is 0.284. The van der Waals surface area contributed by atoms with Crippen LogP contribution in [0, 0.1) is 0 Å². The Labute approximate surface area is 146 Å². The first-order valence-electron chi connectivity index (χ1n) is 8.20. The zero-order valence-corrected chi connectivity index (χ0v) is 14.6. The highest BCUT2D eigenvalue weighted by Crippen LogP contribution is 2.44. The monoisotopic (exact) mass is 343 g/mol. The molecule has 1 unspecified atom stereocenters. The van der Waals surface area contributed by atoms with Crippen LogP contribution in [-0.2, 0) is 11.2 Å². The van der Waals surface area contributed by atoms with Crippen molar-refractivity contribution in [2.45, 2.75) is 25.9 Å². The summed E-state index contributed by atoms with van der Waals surface area (Å²) in [5.41, 5.74) is 2.35. The van der Waals surface area contributed by atoms with E-state index < -0.39 is 5.97 Å². The Hall–Kier alpha value is -2.76. The number of ether oxygens (including phenoxy) is 4. The van der Waals surface area contributed by atoms with Crippen molar-refractivity contribution in [2.24, 2.45) is 0 Å². The van der Waals surface area contributed by atoms with Gasteiger partial charge >= 0.3 is 5.97 Å². The van der Waals surface area contributed by atoms with Gasteiger partial charge in [-0.2, -0.15) is 0 Å². The maximum atomic E-state index is 11.8. The molecule has 2 heterocycles. The van der Waals surface area contributed by atoms with E-state index in [-0.39, 0.29) is 6.10 Å². The third-order valence-electron chi connectivity index (χ3n) is 4.04. The summed E-state index contributed by atoms with van der Waals surface area (Å²) in [6, 6.07) is 7.20. The zero-order chi connectivity index (χ0) is 17.8. The lowest BCUT2D eigenvalue weighted by Crippen LogP contribution is -2.22. The van der Waals surface area contributed by atoms with Crippen LogP contribution in [0.25, 0.3) is 0 Å². The molecule has 1 aromatic carbocycles. The van der Waals surface area contributed by atoms with E-state index in [4.69, 9.17) is 18.9 Å². The van der Waals surface area contributed by atoms with Crippen molar-refractivity contribution in [3.63, 3.8) is 0 Å². The number of nitrogens with zero attached hydrogens (tertiary/aromatic N) is 1. The molecule has 0 aliphatic carbocycles. The molecular formula is C19H21NO5. The van der Waals surface area contributed by atoms with Gasteiger partial charge in [-0.05, 0) is 24.6 Å². The van der Waals surface area contributed by atoms with Crippen molar-refractivity contribution in [1.82, 2.24) is 4.98 Å². The van der Waals surface area contributed by atoms with Gasteiger partial charge in [0.2, 0.25) is 5.75 Å². The summed E-state index contributed by atoms with van der Waals surface area (Å²) < 4.78 is 22.0. The number of rotatable bonds is 5. The zero-order valence-electron chi connectivity index (χ0n) is 14.6. The standard InChI is InChI=1S/C19H21NO5/c1-4-5-14-7-6-12(10-20-14)17-11-24-16-9-13(19(21)23-3)8-15(22-2)18(16)25-17/h6-10,17H,4-5,11H2,1-3H3. The van der Waals surface area contributed by atoms with Gasteiger partial charge in [0.15, 0.2) is 17.6 Å². The van der Waals surface area contributed by atoms with Crippen LogP contribution in [0.15, 0.2) is 30.5 Å². The van der Waals surface area contributed by atoms with Crippen LogP contribution in [0.1, 0.15) is 41.1 Å². The number of pyridine rings is 1. The topological polar surface area (TPSA) is 66.9 Å². The predicted molar refractivity (Wildman–Crippen MR) is 91.4 cm³/mol. The minimum atomic E-state index is -0.456. The summed E-state index contributed by atoms with van der Waals surface area (Å²) in [4.78, 5) is 16.2. The van der Waals surface area contributed by atoms with Gasteiger partial charge in [0.1, 0.15) is 6.61 Å². The molecule has 0 saturated carbocycles. The number of methoxy groups -OCH3 is 2. The van der Waals surface area contributed by atoms with Gasteiger partial charge in [-0.25, -0.2) is 4.79 Å². The summed E-state index contributed by atoms with van der Waals surface area (Å²) in [6.45, 7) is 2.45. The third kappa shape index (κ3) is 3.52. The SMILES string of the molecule is CCCc1ccc(C2COc3cc(C(=O)OC)cc(OC)c3O2)cn1. The van der Waals surface area contributed by atoms with Crippen molar-refractivity contribution < 1.29 is 23.7 Å². The Morgan fingerprint density at radius 2 is 2.16 bits per heavy atom. The number of carbonyl (C=O) groups excluding carboxylic acids is 1. The second-order valence-electron chi connectivity index (χ2n) is 5.75. The first kappa shape index (κ1) is 17.1. The molecule has 0 amide bonds. The molecule has 1 aliphatic heterocycles. The first-order valence-corrected chi connectivity index (χ1v) is 8.20. The molecule has 1 aliphatic rings. The van der Waals surface area contributed by atoms with E-state index in [9.17, 15) is 4.79 Å². The Morgan fingerprint density at radius 3 is 2.80 bits per heavy atom. The molecular weight excluding hydrogens is 322 g/mol. The number of benzene rings is 1. The summed E-state index contributed by atoms with van der Waals surface area (Å²) in [5, 5.41) is 0. The van der Waals surface area contributed by atoms with E-state index in [0.717, 1.165) is 24.1 Å². The summed E-state index contributed by atoms with van der Waals surface area (Å²) in [5.74, 6) is 0.913. The van der Waals surface area contributed by atoms with Crippen molar-refractivity contribution >= 4 is 5.97 Å². The van der Waals surface area contributed by atoms with Crippen LogP contribution < -0.4 is 14.2 Å². The molecule has 1 atom stereocenters. The van der Waals surface area contributed by atoms with Crippen LogP contribution in [-0.4, -0.2) is 31.8 Å². The van der Waals surface area contributed by atoms with Crippen molar-refractivity contribution in [1.29, 1.82) is 0 Å². The summed E-state index contributed by atoms with van der Waals surface area (Å²) in [6.07, 6.45) is 3.55. The molecule has 6 nitrogen and oxygen atoms in total. The van der Waals surface area contributed by atoms with Crippen molar-refractivity contribution in [3.05, 3.63) is 47.3 Å². The molecule has 0 saturated heterocycles. The average Bonchev–Trinajstić information content (AvgIpc) is 2.67. The van der Waals surface area contributed by atoms with E-state index in [1.165, 1.54) is 14.2 Å².